The molecule has 3 unspecified atom stereocenters. The highest BCUT2D eigenvalue weighted by Crippen LogP contribution is 2.56. The van der Waals surface area contributed by atoms with Gasteiger partial charge in [-0.2, -0.15) is 0 Å². The third-order valence-corrected chi connectivity index (χ3v) is 5.08. The maximum absolute atomic E-state index is 12.4. The summed E-state index contributed by atoms with van der Waals surface area (Å²) in [7, 11) is 0. The van der Waals surface area contributed by atoms with Gasteiger partial charge in [0.25, 0.3) is 0 Å². The molecule has 3 heteroatoms. The average Bonchev–Trinajstić information content (AvgIpc) is 2.89. The Labute approximate surface area is 103 Å². The molecule has 1 aliphatic heterocycles. The van der Waals surface area contributed by atoms with Gasteiger partial charge in [0.05, 0.1) is 0 Å². The van der Waals surface area contributed by atoms with Crippen LogP contribution >= 0.6 is 0 Å². The van der Waals surface area contributed by atoms with Crippen molar-refractivity contribution in [2.75, 3.05) is 19.7 Å². The molecule has 2 saturated carbocycles. The Kier molecular flexibility index (Phi) is 3.12. The van der Waals surface area contributed by atoms with E-state index in [9.17, 15) is 4.79 Å². The van der Waals surface area contributed by atoms with E-state index in [-0.39, 0.29) is 6.61 Å². The van der Waals surface area contributed by atoms with Gasteiger partial charge in [-0.05, 0) is 43.4 Å². The van der Waals surface area contributed by atoms with Crippen molar-refractivity contribution in [3.05, 3.63) is 0 Å². The largest absolute Gasteiger partial charge is 0.396 e. The number of aliphatic hydroxyl groups excluding tert-OH is 1. The van der Waals surface area contributed by atoms with Crippen molar-refractivity contribution in [3.63, 3.8) is 0 Å². The summed E-state index contributed by atoms with van der Waals surface area (Å²) in [6.45, 7) is 2.09. The van der Waals surface area contributed by atoms with Crippen LogP contribution in [0.3, 0.4) is 0 Å². The Morgan fingerprint density at radius 3 is 2.53 bits per heavy atom. The highest BCUT2D eigenvalue weighted by molar-refractivity contribution is 5.82. The number of amides is 1. The van der Waals surface area contributed by atoms with Gasteiger partial charge in [0.15, 0.2) is 0 Å². The van der Waals surface area contributed by atoms with Gasteiger partial charge in [0.1, 0.15) is 0 Å². The molecule has 1 amide bonds. The molecule has 2 aliphatic carbocycles. The molecule has 3 rings (SSSR count). The summed E-state index contributed by atoms with van der Waals surface area (Å²) in [5, 5.41) is 8.94. The molecule has 3 nitrogen and oxygen atoms in total. The average molecular weight is 237 g/mol. The fourth-order valence-corrected chi connectivity index (χ4v) is 4.02. The van der Waals surface area contributed by atoms with Gasteiger partial charge < -0.3 is 10.0 Å². The van der Waals surface area contributed by atoms with Gasteiger partial charge in [-0.1, -0.05) is 12.8 Å². The van der Waals surface area contributed by atoms with Crippen molar-refractivity contribution in [1.29, 1.82) is 0 Å². The van der Waals surface area contributed by atoms with Crippen molar-refractivity contribution in [3.8, 4) is 0 Å². The number of nitrogens with zero attached hydrogens (tertiary/aromatic N) is 1. The highest BCUT2D eigenvalue weighted by atomic mass is 16.3. The predicted octanol–water partition coefficient (Wildman–Crippen LogP) is 1.65. The zero-order chi connectivity index (χ0) is 11.8. The molecular formula is C14H23NO2. The van der Waals surface area contributed by atoms with Crippen LogP contribution in [0, 0.1) is 23.7 Å². The number of carbonyl (C=O) groups is 1. The fourth-order valence-electron chi connectivity index (χ4n) is 4.02. The SMILES string of the molecule is O=C(C1C2CCCCC21)N1CCC(CCO)C1. The topological polar surface area (TPSA) is 40.5 Å². The molecule has 1 heterocycles. The maximum atomic E-state index is 12.4. The first-order valence-electron chi connectivity index (χ1n) is 7.21. The molecule has 0 radical (unpaired) electrons. The number of carbonyl (C=O) groups excluding carboxylic acids is 1. The Hall–Kier alpha value is -0.570. The van der Waals surface area contributed by atoms with E-state index in [1.54, 1.807) is 0 Å². The normalized spacial score (nSPS) is 40.2. The predicted molar refractivity (Wildman–Crippen MR) is 65.3 cm³/mol. The maximum Gasteiger partial charge on any atom is 0.226 e. The van der Waals surface area contributed by atoms with E-state index in [1.165, 1.54) is 25.7 Å². The zero-order valence-electron chi connectivity index (χ0n) is 10.5. The standard InChI is InChI=1S/C14H23NO2/c16-8-6-10-5-7-15(9-10)14(17)13-11-3-1-2-4-12(11)13/h10-13,16H,1-9H2. The number of rotatable bonds is 3. The summed E-state index contributed by atoms with van der Waals surface area (Å²) in [5.41, 5.74) is 0. The minimum absolute atomic E-state index is 0.265. The van der Waals surface area contributed by atoms with Gasteiger partial charge in [-0.3, -0.25) is 4.79 Å². The van der Waals surface area contributed by atoms with Gasteiger partial charge >= 0.3 is 0 Å². The third-order valence-electron chi connectivity index (χ3n) is 5.08. The summed E-state index contributed by atoms with van der Waals surface area (Å²) < 4.78 is 0. The Morgan fingerprint density at radius 1 is 1.18 bits per heavy atom. The number of aliphatic hydroxyl groups is 1. The molecule has 0 aromatic heterocycles. The first kappa shape index (κ1) is 11.5. The van der Waals surface area contributed by atoms with E-state index in [0.717, 1.165) is 37.8 Å². The lowest BCUT2D eigenvalue weighted by atomic mass is 10.0. The van der Waals surface area contributed by atoms with Crippen LogP contribution in [0.1, 0.15) is 38.5 Å². The van der Waals surface area contributed by atoms with Crippen molar-refractivity contribution in [2.24, 2.45) is 23.7 Å². The third kappa shape index (κ3) is 2.10. The Balaban J connectivity index is 1.54. The Bertz CT molecular complexity index is 293. The van der Waals surface area contributed by atoms with Crippen LogP contribution in [0.5, 0.6) is 0 Å². The van der Waals surface area contributed by atoms with E-state index in [1.807, 2.05) is 0 Å². The van der Waals surface area contributed by atoms with Crippen LogP contribution < -0.4 is 0 Å². The lowest BCUT2D eigenvalue weighted by Gasteiger charge is -2.16. The van der Waals surface area contributed by atoms with Crippen LogP contribution in [0.15, 0.2) is 0 Å². The van der Waals surface area contributed by atoms with E-state index in [0.29, 0.717) is 17.7 Å². The highest BCUT2D eigenvalue weighted by Gasteiger charge is 2.56. The van der Waals surface area contributed by atoms with Gasteiger partial charge in [0, 0.05) is 25.6 Å². The zero-order valence-corrected chi connectivity index (χ0v) is 10.5. The first-order chi connectivity index (χ1) is 8.31. The molecular weight excluding hydrogens is 214 g/mol. The van der Waals surface area contributed by atoms with E-state index < -0.39 is 0 Å². The number of hydrogen-bond acceptors (Lipinski definition) is 2. The number of likely N-dealkylation sites (tertiary alicyclic amines) is 1. The smallest absolute Gasteiger partial charge is 0.226 e. The molecule has 0 bridgehead atoms. The van der Waals surface area contributed by atoms with E-state index in [4.69, 9.17) is 5.11 Å². The number of fused-ring (bicyclic) bond motifs is 1. The van der Waals surface area contributed by atoms with E-state index >= 15 is 0 Å². The minimum Gasteiger partial charge on any atom is -0.396 e. The fraction of sp³-hybridized carbons (Fsp3) is 0.929. The lowest BCUT2D eigenvalue weighted by Crippen LogP contribution is -2.31. The summed E-state index contributed by atoms with van der Waals surface area (Å²) in [6.07, 6.45) is 7.19. The molecule has 3 atom stereocenters. The molecule has 17 heavy (non-hydrogen) atoms. The van der Waals surface area contributed by atoms with Crippen LogP contribution in [-0.2, 0) is 4.79 Å². The van der Waals surface area contributed by atoms with Gasteiger partial charge in [-0.15, -0.1) is 0 Å². The van der Waals surface area contributed by atoms with Crippen LogP contribution in [0.2, 0.25) is 0 Å². The lowest BCUT2D eigenvalue weighted by molar-refractivity contribution is -0.132. The molecule has 0 aromatic rings. The van der Waals surface area contributed by atoms with Crippen LogP contribution in [0.4, 0.5) is 0 Å². The summed E-state index contributed by atoms with van der Waals surface area (Å²) in [6, 6.07) is 0. The number of hydrogen-bond donors (Lipinski definition) is 1. The summed E-state index contributed by atoms with van der Waals surface area (Å²) in [5.74, 6) is 2.82. The van der Waals surface area contributed by atoms with Crippen molar-refractivity contribution in [1.82, 2.24) is 4.90 Å². The quantitative estimate of drug-likeness (QED) is 0.811. The molecule has 3 aliphatic rings. The molecule has 1 saturated heterocycles. The second-order valence-corrected chi connectivity index (χ2v) is 6.09. The van der Waals surface area contributed by atoms with Gasteiger partial charge in [-0.25, -0.2) is 0 Å². The Morgan fingerprint density at radius 2 is 1.88 bits per heavy atom. The van der Waals surface area contributed by atoms with Gasteiger partial charge in [0.2, 0.25) is 5.91 Å². The van der Waals surface area contributed by atoms with Crippen molar-refractivity contribution < 1.29 is 9.90 Å². The molecule has 96 valence electrons. The van der Waals surface area contributed by atoms with Crippen LogP contribution in [-0.4, -0.2) is 35.6 Å². The second kappa shape index (κ2) is 4.60. The van der Waals surface area contributed by atoms with E-state index in [2.05, 4.69) is 4.90 Å². The molecule has 0 aromatic carbocycles. The molecule has 0 spiro atoms. The first-order valence-corrected chi connectivity index (χ1v) is 7.21. The monoisotopic (exact) mass is 237 g/mol. The molecule has 3 fully saturated rings. The molecule has 1 N–H and O–H groups in total. The summed E-state index contributed by atoms with van der Waals surface area (Å²) in [4.78, 5) is 14.5. The van der Waals surface area contributed by atoms with Crippen LogP contribution in [0.25, 0.3) is 0 Å². The second-order valence-electron chi connectivity index (χ2n) is 6.09. The summed E-state index contributed by atoms with van der Waals surface area (Å²) >= 11 is 0. The minimum atomic E-state index is 0.265. The van der Waals surface area contributed by atoms with Crippen molar-refractivity contribution >= 4 is 5.91 Å². The van der Waals surface area contributed by atoms with Crippen molar-refractivity contribution in [2.45, 2.75) is 38.5 Å².